The minimum Gasteiger partial charge on any atom is -0.369 e. The van der Waals surface area contributed by atoms with Crippen LogP contribution in [0.4, 0.5) is 5.69 Å². The summed E-state index contributed by atoms with van der Waals surface area (Å²) < 4.78 is 0. The molecule has 2 heterocycles. The Balaban J connectivity index is 1.48. The van der Waals surface area contributed by atoms with Gasteiger partial charge in [0.25, 0.3) is 5.91 Å². The summed E-state index contributed by atoms with van der Waals surface area (Å²) in [5.74, 6) is -0.0496. The largest absolute Gasteiger partial charge is 0.369 e. The van der Waals surface area contributed by atoms with Crippen molar-refractivity contribution in [2.75, 3.05) is 38.1 Å². The summed E-state index contributed by atoms with van der Waals surface area (Å²) in [5, 5.41) is 10.6. The molecule has 6 heteroatoms. The van der Waals surface area contributed by atoms with Gasteiger partial charge in [-0.05, 0) is 56.3 Å². The van der Waals surface area contributed by atoms with Crippen LogP contribution in [0.25, 0.3) is 22.5 Å². The highest BCUT2D eigenvalue weighted by molar-refractivity contribution is 5.95. The molecule has 1 atom stereocenters. The molecule has 3 aromatic rings. The number of aromatic nitrogens is 2. The maximum atomic E-state index is 12.5. The van der Waals surface area contributed by atoms with Gasteiger partial charge in [0.05, 0.1) is 11.4 Å². The van der Waals surface area contributed by atoms with Gasteiger partial charge < -0.3 is 15.1 Å². The summed E-state index contributed by atoms with van der Waals surface area (Å²) in [6, 6.07) is 18.5. The first-order chi connectivity index (χ1) is 15.0. The minimum atomic E-state index is -0.0496. The predicted octanol–water partition coefficient (Wildman–Crippen LogP) is 4.02. The fourth-order valence-corrected chi connectivity index (χ4v) is 3.76. The molecule has 0 aliphatic carbocycles. The zero-order valence-corrected chi connectivity index (χ0v) is 18.6. The Morgan fingerprint density at radius 2 is 1.81 bits per heavy atom. The molecule has 6 nitrogen and oxygen atoms in total. The van der Waals surface area contributed by atoms with E-state index in [1.807, 2.05) is 37.3 Å². The SMILES string of the molecule is CC[C@@H](C)NC(=O)c1cccc(-c2cc(-c3ccc(N4CCN(C)CC4)cc3)[nH]n2)c1. The molecule has 1 fully saturated rings. The molecular formula is C25H31N5O. The van der Waals surface area contributed by atoms with Crippen molar-refractivity contribution in [2.24, 2.45) is 0 Å². The van der Waals surface area contributed by atoms with Crippen molar-refractivity contribution in [3.8, 4) is 22.5 Å². The minimum absolute atomic E-state index is 0.0496. The number of anilines is 1. The summed E-state index contributed by atoms with van der Waals surface area (Å²) in [6.07, 6.45) is 0.905. The van der Waals surface area contributed by atoms with Gasteiger partial charge in [-0.3, -0.25) is 9.89 Å². The Hall–Kier alpha value is -3.12. The van der Waals surface area contributed by atoms with Crippen LogP contribution in [0.1, 0.15) is 30.6 Å². The van der Waals surface area contributed by atoms with Crippen molar-refractivity contribution in [2.45, 2.75) is 26.3 Å². The van der Waals surface area contributed by atoms with Gasteiger partial charge in [0.2, 0.25) is 0 Å². The number of nitrogens with zero attached hydrogens (tertiary/aromatic N) is 3. The second-order valence-electron chi connectivity index (χ2n) is 8.37. The molecule has 31 heavy (non-hydrogen) atoms. The van der Waals surface area contributed by atoms with Gasteiger partial charge in [0.15, 0.2) is 0 Å². The highest BCUT2D eigenvalue weighted by atomic mass is 16.1. The van der Waals surface area contributed by atoms with E-state index in [-0.39, 0.29) is 11.9 Å². The molecule has 1 saturated heterocycles. The van der Waals surface area contributed by atoms with Crippen LogP contribution in [-0.4, -0.2) is 60.3 Å². The van der Waals surface area contributed by atoms with Gasteiger partial charge >= 0.3 is 0 Å². The Kier molecular flexibility index (Phi) is 6.37. The van der Waals surface area contributed by atoms with Gasteiger partial charge in [-0.25, -0.2) is 0 Å². The maximum Gasteiger partial charge on any atom is 0.251 e. The van der Waals surface area contributed by atoms with Gasteiger partial charge in [-0.1, -0.05) is 31.2 Å². The van der Waals surface area contributed by atoms with Crippen molar-refractivity contribution in [3.05, 3.63) is 60.2 Å². The monoisotopic (exact) mass is 417 g/mol. The number of nitrogens with one attached hydrogen (secondary N) is 2. The van der Waals surface area contributed by atoms with Crippen molar-refractivity contribution < 1.29 is 4.79 Å². The van der Waals surface area contributed by atoms with Crippen molar-refractivity contribution in [1.29, 1.82) is 0 Å². The zero-order valence-electron chi connectivity index (χ0n) is 18.6. The van der Waals surface area contributed by atoms with Crippen LogP contribution in [0.3, 0.4) is 0 Å². The lowest BCUT2D eigenvalue weighted by Gasteiger charge is -2.34. The van der Waals surface area contributed by atoms with Gasteiger partial charge in [-0.2, -0.15) is 5.10 Å². The summed E-state index contributed by atoms with van der Waals surface area (Å²) in [7, 11) is 2.17. The number of piperazine rings is 1. The van der Waals surface area contributed by atoms with Crippen LogP contribution in [0.2, 0.25) is 0 Å². The third-order valence-electron chi connectivity index (χ3n) is 6.03. The standard InChI is InChI=1S/C25H31N5O/c1-4-18(2)26-25(31)21-7-5-6-20(16-21)24-17-23(27-28-24)19-8-10-22(11-9-19)30-14-12-29(3)13-15-30/h5-11,16-18H,4,12-15H2,1-3H3,(H,26,31)(H,27,28)/t18-/m1/s1. The lowest BCUT2D eigenvalue weighted by atomic mass is 10.1. The summed E-state index contributed by atoms with van der Waals surface area (Å²) >= 11 is 0. The quantitative estimate of drug-likeness (QED) is 0.636. The summed E-state index contributed by atoms with van der Waals surface area (Å²) in [4.78, 5) is 17.2. The number of benzene rings is 2. The predicted molar refractivity (Wildman–Crippen MR) is 126 cm³/mol. The number of hydrogen-bond acceptors (Lipinski definition) is 4. The molecular weight excluding hydrogens is 386 g/mol. The van der Waals surface area contributed by atoms with Gasteiger partial charge in [0, 0.05) is 49.0 Å². The summed E-state index contributed by atoms with van der Waals surface area (Å²) in [6.45, 7) is 8.39. The third-order valence-corrected chi connectivity index (χ3v) is 6.03. The molecule has 0 unspecified atom stereocenters. The van der Waals surface area contributed by atoms with E-state index in [1.165, 1.54) is 5.69 Å². The second-order valence-corrected chi connectivity index (χ2v) is 8.37. The fourth-order valence-electron chi connectivity index (χ4n) is 3.76. The van der Waals surface area contributed by atoms with Crippen LogP contribution in [0.15, 0.2) is 54.6 Å². The summed E-state index contributed by atoms with van der Waals surface area (Å²) in [5.41, 5.74) is 5.73. The lowest BCUT2D eigenvalue weighted by molar-refractivity contribution is 0.0939. The highest BCUT2D eigenvalue weighted by Gasteiger charge is 2.15. The number of likely N-dealkylation sites (N-methyl/N-ethyl adjacent to an activating group) is 1. The first-order valence-electron chi connectivity index (χ1n) is 11.0. The molecule has 2 aromatic carbocycles. The number of amides is 1. The molecule has 1 aromatic heterocycles. The van der Waals surface area contributed by atoms with E-state index in [1.54, 1.807) is 0 Å². The Bertz CT molecular complexity index is 1020. The number of carbonyl (C=O) groups excluding carboxylic acids is 1. The van der Waals surface area contributed by atoms with Crippen LogP contribution in [0, 0.1) is 0 Å². The lowest BCUT2D eigenvalue weighted by Crippen LogP contribution is -2.44. The van der Waals surface area contributed by atoms with E-state index in [2.05, 4.69) is 63.6 Å². The third kappa shape index (κ3) is 4.97. The van der Waals surface area contributed by atoms with Crippen molar-refractivity contribution in [1.82, 2.24) is 20.4 Å². The molecule has 1 aliphatic heterocycles. The molecule has 0 saturated carbocycles. The van der Waals surface area contributed by atoms with Gasteiger partial charge in [-0.15, -0.1) is 0 Å². The van der Waals surface area contributed by atoms with E-state index < -0.39 is 0 Å². The topological polar surface area (TPSA) is 64.3 Å². The number of rotatable bonds is 6. The van der Waals surface area contributed by atoms with Crippen LogP contribution in [-0.2, 0) is 0 Å². The number of hydrogen-bond donors (Lipinski definition) is 2. The molecule has 1 aliphatic rings. The van der Waals surface area contributed by atoms with E-state index in [9.17, 15) is 4.79 Å². The van der Waals surface area contributed by atoms with Crippen molar-refractivity contribution in [3.63, 3.8) is 0 Å². The van der Waals surface area contributed by atoms with Crippen LogP contribution < -0.4 is 10.2 Å². The van der Waals surface area contributed by atoms with Crippen LogP contribution >= 0.6 is 0 Å². The average Bonchev–Trinajstić information content (AvgIpc) is 3.30. The molecule has 4 rings (SSSR count). The van der Waals surface area contributed by atoms with E-state index in [4.69, 9.17) is 0 Å². The number of aromatic amines is 1. The normalized spacial score (nSPS) is 15.6. The van der Waals surface area contributed by atoms with Crippen molar-refractivity contribution >= 4 is 11.6 Å². The Morgan fingerprint density at radius 3 is 2.52 bits per heavy atom. The highest BCUT2D eigenvalue weighted by Crippen LogP contribution is 2.26. The molecule has 0 radical (unpaired) electrons. The Labute approximate surface area is 184 Å². The number of H-pyrrole nitrogens is 1. The van der Waals surface area contributed by atoms with E-state index in [0.717, 1.165) is 55.1 Å². The maximum absolute atomic E-state index is 12.5. The smallest absolute Gasteiger partial charge is 0.251 e. The molecule has 0 spiro atoms. The molecule has 0 bridgehead atoms. The molecule has 2 N–H and O–H groups in total. The van der Waals surface area contributed by atoms with Gasteiger partial charge in [0.1, 0.15) is 0 Å². The van der Waals surface area contributed by atoms with Crippen LogP contribution in [0.5, 0.6) is 0 Å². The molecule has 162 valence electrons. The Morgan fingerprint density at radius 1 is 1.06 bits per heavy atom. The molecule has 1 amide bonds. The van der Waals surface area contributed by atoms with E-state index in [0.29, 0.717) is 5.56 Å². The first-order valence-corrected chi connectivity index (χ1v) is 11.0. The zero-order chi connectivity index (χ0) is 21.8. The van der Waals surface area contributed by atoms with E-state index >= 15 is 0 Å². The number of carbonyl (C=O) groups is 1. The average molecular weight is 418 g/mol. The second kappa shape index (κ2) is 9.35. The fraction of sp³-hybridized carbons (Fsp3) is 0.360. The first kappa shape index (κ1) is 21.1.